The highest BCUT2D eigenvalue weighted by Gasteiger charge is 2.28. The second-order valence-electron chi connectivity index (χ2n) is 4.23. The van der Waals surface area contributed by atoms with Gasteiger partial charge in [-0.2, -0.15) is 0 Å². The normalized spacial score (nSPS) is 24.6. The van der Waals surface area contributed by atoms with Crippen molar-refractivity contribution >= 4 is 17.6 Å². The second-order valence-corrected chi connectivity index (χ2v) is 4.67. The van der Waals surface area contributed by atoms with E-state index in [1.807, 2.05) is 24.3 Å². The summed E-state index contributed by atoms with van der Waals surface area (Å²) in [4.78, 5) is 10.8. The molecule has 0 aliphatic carbocycles. The van der Waals surface area contributed by atoms with E-state index < -0.39 is 5.97 Å². The zero-order valence-corrected chi connectivity index (χ0v) is 9.57. The van der Waals surface area contributed by atoms with E-state index in [1.54, 1.807) is 0 Å². The fourth-order valence-corrected chi connectivity index (χ4v) is 2.36. The zero-order valence-electron chi connectivity index (χ0n) is 8.82. The summed E-state index contributed by atoms with van der Waals surface area (Å²) < 4.78 is 0. The van der Waals surface area contributed by atoms with Crippen LogP contribution in [0, 0.1) is 5.92 Å². The predicted octanol–water partition coefficient (Wildman–Crippen LogP) is 1.95. The molecule has 4 heteroatoms. The zero-order chi connectivity index (χ0) is 11.5. The van der Waals surface area contributed by atoms with Crippen LogP contribution in [0.4, 0.5) is 0 Å². The highest BCUT2D eigenvalue weighted by Crippen LogP contribution is 2.21. The van der Waals surface area contributed by atoms with Gasteiger partial charge in [-0.15, -0.1) is 0 Å². The SMILES string of the molecule is O=C(O)C1CC(Cc2cccc(Cl)c2)CN1. The highest BCUT2D eigenvalue weighted by molar-refractivity contribution is 6.30. The van der Waals surface area contributed by atoms with Crippen molar-refractivity contribution in [3.63, 3.8) is 0 Å². The minimum absolute atomic E-state index is 0.385. The van der Waals surface area contributed by atoms with Crippen LogP contribution in [0.25, 0.3) is 0 Å². The largest absolute Gasteiger partial charge is 0.480 e. The number of aliphatic carboxylic acids is 1. The van der Waals surface area contributed by atoms with E-state index in [4.69, 9.17) is 16.7 Å². The summed E-state index contributed by atoms with van der Waals surface area (Å²) in [7, 11) is 0. The van der Waals surface area contributed by atoms with Crippen molar-refractivity contribution in [2.75, 3.05) is 6.54 Å². The van der Waals surface area contributed by atoms with Gasteiger partial charge in [-0.05, 0) is 43.0 Å². The number of nitrogens with one attached hydrogen (secondary N) is 1. The third kappa shape index (κ3) is 2.74. The molecule has 86 valence electrons. The van der Waals surface area contributed by atoms with Crippen LogP contribution in [0.1, 0.15) is 12.0 Å². The van der Waals surface area contributed by atoms with Gasteiger partial charge in [0.05, 0.1) is 0 Å². The molecular formula is C12H14ClNO2. The molecule has 0 spiro atoms. The van der Waals surface area contributed by atoms with Crippen LogP contribution in [-0.2, 0) is 11.2 Å². The number of halogens is 1. The number of carbonyl (C=O) groups is 1. The first kappa shape index (κ1) is 11.4. The van der Waals surface area contributed by atoms with Gasteiger partial charge < -0.3 is 10.4 Å². The average Bonchev–Trinajstić information content (AvgIpc) is 2.66. The van der Waals surface area contributed by atoms with Crippen LogP contribution in [0.3, 0.4) is 0 Å². The Labute approximate surface area is 99.4 Å². The van der Waals surface area contributed by atoms with Crippen molar-refractivity contribution in [2.45, 2.75) is 18.9 Å². The molecule has 2 N–H and O–H groups in total. The Morgan fingerprint density at radius 3 is 3.00 bits per heavy atom. The number of hydrogen-bond donors (Lipinski definition) is 2. The average molecular weight is 240 g/mol. The molecule has 16 heavy (non-hydrogen) atoms. The summed E-state index contributed by atoms with van der Waals surface area (Å²) >= 11 is 5.90. The van der Waals surface area contributed by atoms with Crippen molar-refractivity contribution in [1.82, 2.24) is 5.32 Å². The molecular weight excluding hydrogens is 226 g/mol. The van der Waals surface area contributed by atoms with E-state index in [0.29, 0.717) is 12.3 Å². The van der Waals surface area contributed by atoms with Gasteiger partial charge in [0.2, 0.25) is 0 Å². The van der Waals surface area contributed by atoms with Gasteiger partial charge in [-0.3, -0.25) is 4.79 Å². The van der Waals surface area contributed by atoms with Crippen molar-refractivity contribution in [1.29, 1.82) is 0 Å². The highest BCUT2D eigenvalue weighted by atomic mass is 35.5. The van der Waals surface area contributed by atoms with Crippen LogP contribution in [0.2, 0.25) is 5.02 Å². The van der Waals surface area contributed by atoms with Crippen LogP contribution < -0.4 is 5.32 Å². The Morgan fingerprint density at radius 2 is 2.38 bits per heavy atom. The Kier molecular flexibility index (Phi) is 3.46. The van der Waals surface area contributed by atoms with Crippen LogP contribution in [0.15, 0.2) is 24.3 Å². The van der Waals surface area contributed by atoms with Gasteiger partial charge in [0.25, 0.3) is 0 Å². The Morgan fingerprint density at radius 1 is 1.56 bits per heavy atom. The number of carboxylic acids is 1. The molecule has 1 aliphatic heterocycles. The minimum atomic E-state index is -0.756. The van der Waals surface area contributed by atoms with Crippen molar-refractivity contribution in [2.24, 2.45) is 5.92 Å². The van der Waals surface area contributed by atoms with E-state index in [1.165, 1.54) is 5.56 Å². The Hall–Kier alpha value is -1.06. The van der Waals surface area contributed by atoms with E-state index in [2.05, 4.69) is 5.32 Å². The van der Waals surface area contributed by atoms with Gasteiger partial charge in [-0.1, -0.05) is 23.7 Å². The molecule has 0 saturated carbocycles. The Bertz CT molecular complexity index is 394. The summed E-state index contributed by atoms with van der Waals surface area (Å²) in [5.74, 6) is -0.367. The molecule has 1 aliphatic rings. The predicted molar refractivity (Wildman–Crippen MR) is 62.7 cm³/mol. The summed E-state index contributed by atoms with van der Waals surface area (Å²) in [6.07, 6.45) is 1.58. The van der Waals surface area contributed by atoms with Gasteiger partial charge in [0.1, 0.15) is 6.04 Å². The molecule has 1 aromatic rings. The molecule has 0 radical (unpaired) electrons. The van der Waals surface area contributed by atoms with Crippen LogP contribution in [0.5, 0.6) is 0 Å². The molecule has 0 amide bonds. The van der Waals surface area contributed by atoms with Gasteiger partial charge in [-0.25, -0.2) is 0 Å². The molecule has 0 bridgehead atoms. The molecule has 1 fully saturated rings. The first-order valence-electron chi connectivity index (χ1n) is 5.36. The number of carboxylic acid groups (broad SMARTS) is 1. The third-order valence-corrected chi connectivity index (χ3v) is 3.17. The topological polar surface area (TPSA) is 49.3 Å². The number of hydrogen-bond acceptors (Lipinski definition) is 2. The monoisotopic (exact) mass is 239 g/mol. The fraction of sp³-hybridized carbons (Fsp3) is 0.417. The maximum atomic E-state index is 10.8. The smallest absolute Gasteiger partial charge is 0.320 e. The van der Waals surface area contributed by atoms with Crippen LogP contribution in [-0.4, -0.2) is 23.7 Å². The summed E-state index contributed by atoms with van der Waals surface area (Å²) in [6, 6.07) is 7.35. The quantitative estimate of drug-likeness (QED) is 0.848. The number of benzene rings is 1. The summed E-state index contributed by atoms with van der Waals surface area (Å²) in [6.45, 7) is 0.767. The Balaban J connectivity index is 1.94. The molecule has 2 rings (SSSR count). The number of rotatable bonds is 3. The lowest BCUT2D eigenvalue weighted by Gasteiger charge is -2.08. The maximum Gasteiger partial charge on any atom is 0.320 e. The summed E-state index contributed by atoms with van der Waals surface area (Å²) in [5.41, 5.74) is 1.17. The molecule has 2 unspecified atom stereocenters. The van der Waals surface area contributed by atoms with Crippen molar-refractivity contribution < 1.29 is 9.90 Å². The van der Waals surface area contributed by atoms with Gasteiger partial charge in [0, 0.05) is 5.02 Å². The van der Waals surface area contributed by atoms with Gasteiger partial charge in [0.15, 0.2) is 0 Å². The second kappa shape index (κ2) is 4.85. The first-order valence-corrected chi connectivity index (χ1v) is 5.73. The maximum absolute atomic E-state index is 10.8. The molecule has 1 heterocycles. The van der Waals surface area contributed by atoms with E-state index in [9.17, 15) is 4.79 Å². The lowest BCUT2D eigenvalue weighted by atomic mass is 9.97. The molecule has 3 nitrogen and oxygen atoms in total. The van der Waals surface area contributed by atoms with Crippen LogP contribution >= 0.6 is 11.6 Å². The van der Waals surface area contributed by atoms with E-state index in [0.717, 1.165) is 18.0 Å². The van der Waals surface area contributed by atoms with E-state index >= 15 is 0 Å². The fourth-order valence-electron chi connectivity index (χ4n) is 2.15. The van der Waals surface area contributed by atoms with Gasteiger partial charge >= 0.3 is 5.97 Å². The first-order chi connectivity index (χ1) is 7.65. The molecule has 2 atom stereocenters. The van der Waals surface area contributed by atoms with Crippen molar-refractivity contribution in [3.05, 3.63) is 34.9 Å². The lowest BCUT2D eigenvalue weighted by Crippen LogP contribution is -2.29. The summed E-state index contributed by atoms with van der Waals surface area (Å²) in [5, 5.41) is 12.6. The third-order valence-electron chi connectivity index (χ3n) is 2.93. The van der Waals surface area contributed by atoms with Crippen molar-refractivity contribution in [3.8, 4) is 0 Å². The lowest BCUT2D eigenvalue weighted by molar-refractivity contribution is -0.139. The minimum Gasteiger partial charge on any atom is -0.480 e. The standard InChI is InChI=1S/C12H14ClNO2/c13-10-3-1-2-8(5-10)4-9-6-11(12(15)16)14-7-9/h1-3,5,9,11,14H,4,6-7H2,(H,15,16). The molecule has 0 aromatic heterocycles. The molecule has 1 saturated heterocycles. The molecule has 1 aromatic carbocycles. The van der Waals surface area contributed by atoms with E-state index in [-0.39, 0.29) is 6.04 Å².